The van der Waals surface area contributed by atoms with Crippen LogP contribution in [0, 0.1) is 0 Å². The van der Waals surface area contributed by atoms with Crippen LogP contribution in [0.4, 0.5) is 0 Å². The highest BCUT2D eigenvalue weighted by Gasteiger charge is 2.18. The Morgan fingerprint density at radius 2 is 1.48 bits per heavy atom. The zero-order valence-corrected chi connectivity index (χ0v) is 17.6. The first-order chi connectivity index (χ1) is 13.0. The molecule has 158 valence electrons. The van der Waals surface area contributed by atoms with Crippen molar-refractivity contribution in [3.63, 3.8) is 0 Å². The van der Waals surface area contributed by atoms with Crippen LogP contribution in [-0.2, 0) is 9.59 Å². The number of carboxylic acid groups (broad SMARTS) is 2. The molecule has 0 aliphatic carbocycles. The maximum absolute atomic E-state index is 10.7. The number of carboxylic acids is 2. The average molecular weight is 403 g/mol. The zero-order chi connectivity index (χ0) is 20.3. The fraction of sp³-hybridized carbons (Fsp3) is 0.810. The smallest absolute Gasteiger partial charge is 0.303 e. The Hall–Kier alpha value is -1.01. The summed E-state index contributed by atoms with van der Waals surface area (Å²) < 4.78 is 0. The van der Waals surface area contributed by atoms with Crippen LogP contribution in [0.2, 0.25) is 0 Å². The third-order valence-corrected chi connectivity index (χ3v) is 5.81. The zero-order valence-electron chi connectivity index (χ0n) is 16.8. The van der Waals surface area contributed by atoms with E-state index in [1.54, 1.807) is 0 Å². The Morgan fingerprint density at radius 3 is 2.07 bits per heavy atom. The van der Waals surface area contributed by atoms with Crippen molar-refractivity contribution < 1.29 is 24.9 Å². The number of aliphatic hydroxyl groups is 1. The van der Waals surface area contributed by atoms with Crippen LogP contribution >= 0.6 is 11.8 Å². The van der Waals surface area contributed by atoms with Crippen molar-refractivity contribution >= 4 is 23.7 Å². The first-order valence-electron chi connectivity index (χ1n) is 10.4. The van der Waals surface area contributed by atoms with Gasteiger partial charge in [-0.3, -0.25) is 9.59 Å². The molecule has 0 aromatic carbocycles. The number of carbonyl (C=O) groups is 2. The molecule has 2 atom stereocenters. The van der Waals surface area contributed by atoms with Gasteiger partial charge < -0.3 is 15.3 Å². The lowest BCUT2D eigenvalue weighted by Crippen LogP contribution is -2.22. The molecule has 0 aromatic rings. The Kier molecular flexibility index (Phi) is 17.7. The molecule has 0 saturated carbocycles. The molecule has 2 unspecified atom stereocenters. The number of allylic oxidation sites excluding steroid dienone is 1. The molecule has 0 aliphatic heterocycles. The maximum Gasteiger partial charge on any atom is 0.303 e. The van der Waals surface area contributed by atoms with Crippen LogP contribution < -0.4 is 0 Å². The lowest BCUT2D eigenvalue weighted by Gasteiger charge is -2.19. The second-order valence-corrected chi connectivity index (χ2v) is 8.31. The van der Waals surface area contributed by atoms with Crippen molar-refractivity contribution in [1.29, 1.82) is 0 Å². The Morgan fingerprint density at radius 1 is 0.889 bits per heavy atom. The van der Waals surface area contributed by atoms with Crippen molar-refractivity contribution in [2.24, 2.45) is 0 Å². The summed E-state index contributed by atoms with van der Waals surface area (Å²) in [6.07, 6.45) is 15.3. The molecule has 0 bridgehead atoms. The van der Waals surface area contributed by atoms with Crippen LogP contribution in [0.3, 0.4) is 0 Å². The molecule has 5 nitrogen and oxygen atoms in total. The van der Waals surface area contributed by atoms with E-state index in [0.29, 0.717) is 12.2 Å². The number of aliphatic carboxylic acids is 2. The summed E-state index contributed by atoms with van der Waals surface area (Å²) in [6, 6.07) is 0. The molecule has 0 aromatic heterocycles. The number of rotatable bonds is 19. The summed E-state index contributed by atoms with van der Waals surface area (Å²) in [5, 5.41) is 27.6. The highest BCUT2D eigenvalue weighted by Crippen LogP contribution is 2.22. The molecule has 0 radical (unpaired) electrons. The first kappa shape index (κ1) is 26.0. The lowest BCUT2D eigenvalue weighted by atomic mass is 10.1. The van der Waals surface area contributed by atoms with Crippen molar-refractivity contribution in [2.75, 3.05) is 5.75 Å². The lowest BCUT2D eigenvalue weighted by molar-refractivity contribution is -0.138. The highest BCUT2D eigenvalue weighted by molar-refractivity contribution is 8.00. The molecule has 0 spiro atoms. The molecule has 0 aliphatic rings. The third kappa shape index (κ3) is 18.1. The van der Waals surface area contributed by atoms with Crippen LogP contribution in [0.1, 0.15) is 90.4 Å². The Balaban J connectivity index is 4.09. The van der Waals surface area contributed by atoms with Gasteiger partial charge in [0.25, 0.3) is 0 Å². The van der Waals surface area contributed by atoms with E-state index in [1.807, 2.05) is 6.08 Å². The van der Waals surface area contributed by atoms with E-state index in [2.05, 4.69) is 13.0 Å². The van der Waals surface area contributed by atoms with Gasteiger partial charge in [0.15, 0.2) is 0 Å². The maximum atomic E-state index is 10.7. The molecule has 3 N–H and O–H groups in total. The molecule has 0 amide bonds. The van der Waals surface area contributed by atoms with E-state index < -0.39 is 18.0 Å². The van der Waals surface area contributed by atoms with E-state index in [1.165, 1.54) is 56.7 Å². The van der Waals surface area contributed by atoms with Gasteiger partial charge in [-0.25, -0.2) is 0 Å². The fourth-order valence-electron chi connectivity index (χ4n) is 2.80. The van der Waals surface area contributed by atoms with Crippen LogP contribution in [-0.4, -0.2) is 44.4 Å². The largest absolute Gasteiger partial charge is 0.481 e. The quantitative estimate of drug-likeness (QED) is 0.201. The van der Waals surface area contributed by atoms with Crippen LogP contribution in [0.25, 0.3) is 0 Å². The summed E-state index contributed by atoms with van der Waals surface area (Å²) in [6.45, 7) is 2.22. The van der Waals surface area contributed by atoms with E-state index in [9.17, 15) is 14.7 Å². The van der Waals surface area contributed by atoms with E-state index in [-0.39, 0.29) is 24.5 Å². The van der Waals surface area contributed by atoms with E-state index in [0.717, 1.165) is 12.8 Å². The molecule has 27 heavy (non-hydrogen) atoms. The predicted octanol–water partition coefficient (Wildman–Crippen LogP) is 5.27. The summed E-state index contributed by atoms with van der Waals surface area (Å²) in [5.41, 5.74) is 0. The third-order valence-electron chi connectivity index (χ3n) is 4.43. The van der Waals surface area contributed by atoms with Gasteiger partial charge in [-0.05, 0) is 31.4 Å². The number of thioether (sulfide) groups is 1. The van der Waals surface area contributed by atoms with E-state index >= 15 is 0 Å². The second kappa shape index (κ2) is 18.4. The minimum absolute atomic E-state index is 0.0563. The van der Waals surface area contributed by atoms with Crippen molar-refractivity contribution in [1.82, 2.24) is 0 Å². The average Bonchev–Trinajstić information content (AvgIpc) is 2.62. The Labute approximate surface area is 168 Å². The summed E-state index contributed by atoms with van der Waals surface area (Å²) in [7, 11) is 0. The van der Waals surface area contributed by atoms with Crippen LogP contribution in [0.5, 0.6) is 0 Å². The second-order valence-electron chi connectivity index (χ2n) is 7.02. The van der Waals surface area contributed by atoms with Gasteiger partial charge >= 0.3 is 11.9 Å². The SMILES string of the molecule is CCCCCCCCCCC=CC(SCCCC(=O)O)C(O)CCC(=O)O. The summed E-state index contributed by atoms with van der Waals surface area (Å²) in [5.74, 6) is -1.08. The highest BCUT2D eigenvalue weighted by atomic mass is 32.2. The van der Waals surface area contributed by atoms with Gasteiger partial charge in [0.05, 0.1) is 6.10 Å². The molecule has 0 saturated heterocycles. The van der Waals surface area contributed by atoms with Gasteiger partial charge in [0.1, 0.15) is 0 Å². The monoisotopic (exact) mass is 402 g/mol. The molecular formula is C21H38O5S. The minimum atomic E-state index is -0.911. The normalized spacial score (nSPS) is 13.7. The van der Waals surface area contributed by atoms with Crippen molar-refractivity contribution in [3.8, 4) is 0 Å². The molecule has 6 heteroatoms. The number of hydrogen-bond donors (Lipinski definition) is 3. The van der Waals surface area contributed by atoms with Gasteiger partial charge in [-0.1, -0.05) is 64.0 Å². The van der Waals surface area contributed by atoms with E-state index in [4.69, 9.17) is 10.2 Å². The van der Waals surface area contributed by atoms with Gasteiger partial charge in [-0.2, -0.15) is 11.8 Å². The molecular weight excluding hydrogens is 364 g/mol. The number of hydrogen-bond acceptors (Lipinski definition) is 4. The predicted molar refractivity (Wildman–Crippen MR) is 112 cm³/mol. The van der Waals surface area contributed by atoms with Crippen molar-refractivity contribution in [2.45, 2.75) is 102 Å². The molecule has 0 rings (SSSR count). The van der Waals surface area contributed by atoms with Crippen molar-refractivity contribution in [3.05, 3.63) is 12.2 Å². The van der Waals surface area contributed by atoms with Gasteiger partial charge in [0, 0.05) is 18.1 Å². The van der Waals surface area contributed by atoms with Crippen LogP contribution in [0.15, 0.2) is 12.2 Å². The molecule has 0 fully saturated rings. The number of unbranched alkanes of at least 4 members (excludes halogenated alkanes) is 8. The van der Waals surface area contributed by atoms with Gasteiger partial charge in [-0.15, -0.1) is 0 Å². The first-order valence-corrected chi connectivity index (χ1v) is 11.4. The summed E-state index contributed by atoms with van der Waals surface area (Å²) in [4.78, 5) is 21.3. The molecule has 0 heterocycles. The topological polar surface area (TPSA) is 94.8 Å². The summed E-state index contributed by atoms with van der Waals surface area (Å²) >= 11 is 1.51. The fourth-order valence-corrected chi connectivity index (χ4v) is 3.96. The Bertz CT molecular complexity index is 411. The standard InChI is InChI=1S/C21H38O5S/c1-2-3-4-5-6-7-8-9-10-11-13-19(18(22)15-16-21(25)26)27-17-12-14-20(23)24/h11,13,18-19,22H,2-10,12,14-17H2,1H3,(H,23,24)(H,25,26). The number of aliphatic hydroxyl groups excluding tert-OH is 1. The van der Waals surface area contributed by atoms with Gasteiger partial charge in [0.2, 0.25) is 0 Å². The minimum Gasteiger partial charge on any atom is -0.481 e.